The Balaban J connectivity index is 1.90. The topological polar surface area (TPSA) is 55.6 Å². The van der Waals surface area contributed by atoms with Gasteiger partial charge in [-0.05, 0) is 26.0 Å². The van der Waals surface area contributed by atoms with Gasteiger partial charge in [0.25, 0.3) is 0 Å². The lowest BCUT2D eigenvalue weighted by Crippen LogP contribution is -2.04. The zero-order valence-electron chi connectivity index (χ0n) is 14.2. The van der Waals surface area contributed by atoms with E-state index in [2.05, 4.69) is 28.7 Å². The maximum Gasteiger partial charge on any atom is 0.229 e. The van der Waals surface area contributed by atoms with Gasteiger partial charge in [0.05, 0.1) is 6.33 Å². The quantitative estimate of drug-likeness (QED) is 0.583. The molecule has 5 nitrogen and oxygen atoms in total. The smallest absolute Gasteiger partial charge is 0.229 e. The van der Waals surface area contributed by atoms with Gasteiger partial charge in [0.1, 0.15) is 11.2 Å². The monoisotopic (exact) mass is 329 g/mol. The van der Waals surface area contributed by atoms with E-state index in [1.54, 1.807) is 0 Å². The first kappa shape index (κ1) is 15.3. The Hall–Kier alpha value is -3.21. The molecule has 0 spiro atoms. The van der Waals surface area contributed by atoms with Gasteiger partial charge < -0.3 is 9.88 Å². The Morgan fingerprint density at radius 1 is 0.880 bits per heavy atom. The van der Waals surface area contributed by atoms with Gasteiger partial charge in [-0.2, -0.15) is 4.98 Å². The van der Waals surface area contributed by atoms with Gasteiger partial charge in [0, 0.05) is 17.3 Å². The normalized spacial score (nSPS) is 11.2. The predicted octanol–water partition coefficient (Wildman–Crippen LogP) is 4.82. The van der Waals surface area contributed by atoms with Crippen LogP contribution in [0.4, 0.5) is 11.6 Å². The van der Waals surface area contributed by atoms with Crippen LogP contribution in [0, 0.1) is 0 Å². The van der Waals surface area contributed by atoms with Gasteiger partial charge in [0.2, 0.25) is 5.95 Å². The average Bonchev–Trinajstić information content (AvgIpc) is 3.07. The highest BCUT2D eigenvalue weighted by atomic mass is 15.2. The van der Waals surface area contributed by atoms with Crippen molar-refractivity contribution in [2.75, 3.05) is 5.32 Å². The second-order valence-corrected chi connectivity index (χ2v) is 6.17. The fourth-order valence-electron chi connectivity index (χ4n) is 2.80. The first-order valence-electron chi connectivity index (χ1n) is 8.34. The third-order valence-electron chi connectivity index (χ3n) is 4.05. The number of nitrogens with one attached hydrogen (secondary N) is 1. The molecule has 2 aromatic heterocycles. The molecule has 0 radical (unpaired) electrons. The zero-order valence-corrected chi connectivity index (χ0v) is 14.2. The van der Waals surface area contributed by atoms with Crippen LogP contribution in [-0.4, -0.2) is 19.5 Å². The van der Waals surface area contributed by atoms with E-state index in [0.29, 0.717) is 5.95 Å². The van der Waals surface area contributed by atoms with Crippen LogP contribution in [0.25, 0.3) is 22.4 Å². The van der Waals surface area contributed by atoms with Crippen LogP contribution >= 0.6 is 0 Å². The molecule has 4 rings (SSSR count). The summed E-state index contributed by atoms with van der Waals surface area (Å²) >= 11 is 0. The second kappa shape index (κ2) is 6.36. The summed E-state index contributed by atoms with van der Waals surface area (Å²) in [4.78, 5) is 14.0. The third-order valence-corrected chi connectivity index (χ3v) is 4.05. The number of aromatic nitrogens is 4. The lowest BCUT2D eigenvalue weighted by molar-refractivity contribution is 0.613. The number of hydrogen-bond acceptors (Lipinski definition) is 4. The SMILES string of the molecule is CC(C)n1cnc2c(-c3ccccc3)nc(Nc3ccccc3)nc21. The molecule has 0 aliphatic rings. The first-order valence-corrected chi connectivity index (χ1v) is 8.34. The third kappa shape index (κ3) is 2.96. The summed E-state index contributed by atoms with van der Waals surface area (Å²) in [5, 5.41) is 3.30. The number of benzene rings is 2. The number of para-hydroxylation sites is 1. The second-order valence-electron chi connectivity index (χ2n) is 6.17. The molecular formula is C20H19N5. The Morgan fingerprint density at radius 3 is 2.24 bits per heavy atom. The van der Waals surface area contributed by atoms with Crippen LogP contribution in [0.15, 0.2) is 67.0 Å². The molecule has 124 valence electrons. The standard InChI is InChI=1S/C20H19N5/c1-14(2)25-13-21-18-17(15-9-5-3-6-10-15)23-20(24-19(18)25)22-16-11-7-4-8-12-16/h3-14H,1-2H3,(H,22,23,24). The predicted molar refractivity (Wildman–Crippen MR) is 101 cm³/mol. The summed E-state index contributed by atoms with van der Waals surface area (Å²) in [6, 6.07) is 20.3. The molecule has 1 N–H and O–H groups in total. The molecular weight excluding hydrogens is 310 g/mol. The van der Waals surface area contributed by atoms with Gasteiger partial charge in [-0.3, -0.25) is 0 Å². The van der Waals surface area contributed by atoms with Crippen LogP contribution in [0.5, 0.6) is 0 Å². The highest BCUT2D eigenvalue weighted by Gasteiger charge is 2.16. The van der Waals surface area contributed by atoms with Gasteiger partial charge in [-0.25, -0.2) is 9.97 Å². The van der Waals surface area contributed by atoms with Crippen LogP contribution in [0.2, 0.25) is 0 Å². The molecule has 0 saturated heterocycles. The summed E-state index contributed by atoms with van der Waals surface area (Å²) in [6.45, 7) is 4.24. The van der Waals surface area contributed by atoms with E-state index in [1.807, 2.05) is 67.0 Å². The molecule has 0 saturated carbocycles. The van der Waals surface area contributed by atoms with Crippen molar-refractivity contribution in [3.05, 3.63) is 67.0 Å². The summed E-state index contributed by atoms with van der Waals surface area (Å²) in [7, 11) is 0. The van der Waals surface area contributed by atoms with Crippen molar-refractivity contribution in [3.63, 3.8) is 0 Å². The van der Waals surface area contributed by atoms with Gasteiger partial charge in [0.15, 0.2) is 5.65 Å². The number of hydrogen-bond donors (Lipinski definition) is 1. The summed E-state index contributed by atoms with van der Waals surface area (Å²) in [5.41, 5.74) is 4.47. The maximum absolute atomic E-state index is 4.74. The Kier molecular flexibility index (Phi) is 3.90. The number of anilines is 2. The van der Waals surface area contributed by atoms with E-state index >= 15 is 0 Å². The number of imidazole rings is 1. The molecule has 25 heavy (non-hydrogen) atoms. The molecule has 0 atom stereocenters. The van der Waals surface area contributed by atoms with Crippen molar-refractivity contribution in [2.24, 2.45) is 0 Å². The van der Waals surface area contributed by atoms with Gasteiger partial charge in [-0.15, -0.1) is 0 Å². The molecule has 0 aliphatic carbocycles. The molecule has 0 amide bonds. The van der Waals surface area contributed by atoms with Crippen molar-refractivity contribution in [2.45, 2.75) is 19.9 Å². The molecule has 4 aromatic rings. The maximum atomic E-state index is 4.74. The highest BCUT2D eigenvalue weighted by Crippen LogP contribution is 2.28. The summed E-state index contributed by atoms with van der Waals surface area (Å²) in [6.07, 6.45) is 1.84. The fraction of sp³-hybridized carbons (Fsp3) is 0.150. The minimum atomic E-state index is 0.271. The number of nitrogens with zero attached hydrogens (tertiary/aromatic N) is 4. The number of rotatable bonds is 4. The first-order chi connectivity index (χ1) is 12.2. The Labute approximate surface area is 146 Å². The minimum Gasteiger partial charge on any atom is -0.324 e. The highest BCUT2D eigenvalue weighted by molar-refractivity contribution is 5.88. The van der Waals surface area contributed by atoms with Crippen molar-refractivity contribution < 1.29 is 0 Å². The van der Waals surface area contributed by atoms with Crippen molar-refractivity contribution in [3.8, 4) is 11.3 Å². The number of fused-ring (bicyclic) bond motifs is 1. The zero-order chi connectivity index (χ0) is 17.2. The van der Waals surface area contributed by atoms with Crippen molar-refractivity contribution >= 4 is 22.8 Å². The molecule has 0 unspecified atom stereocenters. The largest absolute Gasteiger partial charge is 0.324 e. The molecule has 5 heteroatoms. The Bertz CT molecular complexity index is 991. The van der Waals surface area contributed by atoms with Crippen LogP contribution in [-0.2, 0) is 0 Å². The molecule has 0 bridgehead atoms. The van der Waals surface area contributed by atoms with Crippen LogP contribution in [0.3, 0.4) is 0 Å². The summed E-state index contributed by atoms with van der Waals surface area (Å²) in [5.74, 6) is 0.569. The van der Waals surface area contributed by atoms with E-state index in [9.17, 15) is 0 Å². The van der Waals surface area contributed by atoms with Crippen LogP contribution < -0.4 is 5.32 Å². The molecule has 0 aliphatic heterocycles. The lowest BCUT2D eigenvalue weighted by atomic mass is 10.1. The van der Waals surface area contributed by atoms with E-state index in [4.69, 9.17) is 9.97 Å². The average molecular weight is 329 g/mol. The molecule has 2 heterocycles. The van der Waals surface area contributed by atoms with Gasteiger partial charge in [-0.1, -0.05) is 48.5 Å². The van der Waals surface area contributed by atoms with Crippen molar-refractivity contribution in [1.29, 1.82) is 0 Å². The van der Waals surface area contributed by atoms with E-state index < -0.39 is 0 Å². The van der Waals surface area contributed by atoms with Crippen LogP contribution in [0.1, 0.15) is 19.9 Å². The minimum absolute atomic E-state index is 0.271. The molecule has 0 fully saturated rings. The van der Waals surface area contributed by atoms with E-state index in [0.717, 1.165) is 28.1 Å². The fourth-order valence-corrected chi connectivity index (χ4v) is 2.80. The molecule has 2 aromatic carbocycles. The lowest BCUT2D eigenvalue weighted by Gasteiger charge is -2.11. The van der Waals surface area contributed by atoms with Crippen molar-refractivity contribution in [1.82, 2.24) is 19.5 Å². The van der Waals surface area contributed by atoms with E-state index in [-0.39, 0.29) is 6.04 Å². The summed E-state index contributed by atoms with van der Waals surface area (Å²) < 4.78 is 2.07. The Morgan fingerprint density at radius 2 is 1.56 bits per heavy atom. The van der Waals surface area contributed by atoms with Gasteiger partial charge >= 0.3 is 0 Å². The van der Waals surface area contributed by atoms with E-state index in [1.165, 1.54) is 0 Å².